The van der Waals surface area contributed by atoms with E-state index >= 15 is 0 Å². The smallest absolute Gasteiger partial charge is 0.271 e. The van der Waals surface area contributed by atoms with E-state index in [-0.39, 0.29) is 44.8 Å². The fourth-order valence-electron chi connectivity index (χ4n) is 4.08. The number of piperidine rings is 1. The number of rotatable bonds is 7. The predicted molar refractivity (Wildman–Crippen MR) is 146 cm³/mol. The van der Waals surface area contributed by atoms with Crippen LogP contribution in [0.4, 0.5) is 17.1 Å². The van der Waals surface area contributed by atoms with Gasteiger partial charge in [-0.3, -0.25) is 19.5 Å². The number of hydrogen-bond acceptors (Lipinski definition) is 5. The Morgan fingerprint density at radius 2 is 1.68 bits per heavy atom. The second-order valence-electron chi connectivity index (χ2n) is 8.48. The second-order valence-corrected chi connectivity index (χ2v) is 9.29. The summed E-state index contributed by atoms with van der Waals surface area (Å²) >= 11 is 12.2. The number of nitrogens with one attached hydrogen (secondary N) is 4. The maximum absolute atomic E-state index is 12.9. The largest absolute Gasteiger partial charge is 0.371 e. The van der Waals surface area contributed by atoms with Gasteiger partial charge in [0.1, 0.15) is 5.69 Å². The van der Waals surface area contributed by atoms with Crippen molar-refractivity contribution in [2.24, 2.45) is 0 Å². The van der Waals surface area contributed by atoms with Crippen molar-refractivity contribution in [3.05, 3.63) is 82.1 Å². The molecule has 1 aliphatic heterocycles. The zero-order valence-electron chi connectivity index (χ0n) is 20.1. The van der Waals surface area contributed by atoms with Gasteiger partial charge in [-0.2, -0.15) is 5.10 Å². The molecular formula is C26H26Cl2N6O3. The number of aromatic amines is 1. The highest BCUT2D eigenvalue weighted by molar-refractivity contribution is 6.40. The van der Waals surface area contributed by atoms with Gasteiger partial charge in [0.05, 0.1) is 27.5 Å². The first-order valence-corrected chi connectivity index (χ1v) is 12.5. The highest BCUT2D eigenvalue weighted by atomic mass is 35.5. The molecule has 0 bridgehead atoms. The van der Waals surface area contributed by atoms with Crippen LogP contribution in [0.1, 0.15) is 40.6 Å². The SMILES string of the molecule is CC=CC(=O)Nc1ccc(N2CCC(NC(=O)c3[nH]ncc3NC(=O)c3c(Cl)cccc3Cl)CC2)cc1. The van der Waals surface area contributed by atoms with Crippen LogP contribution < -0.4 is 20.9 Å². The zero-order chi connectivity index (χ0) is 26.4. The van der Waals surface area contributed by atoms with Gasteiger partial charge in [0.25, 0.3) is 11.8 Å². The minimum atomic E-state index is -0.535. The molecule has 9 nitrogen and oxygen atoms in total. The van der Waals surface area contributed by atoms with Crippen LogP contribution in [0, 0.1) is 0 Å². The Morgan fingerprint density at radius 1 is 1.00 bits per heavy atom. The molecule has 37 heavy (non-hydrogen) atoms. The van der Waals surface area contributed by atoms with E-state index < -0.39 is 5.91 Å². The van der Waals surface area contributed by atoms with Gasteiger partial charge in [-0.05, 0) is 62.2 Å². The molecule has 192 valence electrons. The van der Waals surface area contributed by atoms with Gasteiger partial charge in [0.15, 0.2) is 0 Å². The van der Waals surface area contributed by atoms with Crippen LogP contribution in [0.3, 0.4) is 0 Å². The number of halogens is 2. The topological polar surface area (TPSA) is 119 Å². The Balaban J connectivity index is 1.31. The summed E-state index contributed by atoms with van der Waals surface area (Å²) in [5.41, 5.74) is 2.28. The van der Waals surface area contributed by atoms with Crippen molar-refractivity contribution >= 4 is 58.0 Å². The predicted octanol–water partition coefficient (Wildman–Crippen LogP) is 4.88. The van der Waals surface area contributed by atoms with Crippen molar-refractivity contribution in [1.29, 1.82) is 0 Å². The average molecular weight is 541 g/mol. The van der Waals surface area contributed by atoms with E-state index in [1.54, 1.807) is 31.2 Å². The van der Waals surface area contributed by atoms with Gasteiger partial charge in [-0.25, -0.2) is 0 Å². The molecule has 1 saturated heterocycles. The molecule has 1 aliphatic rings. The van der Waals surface area contributed by atoms with Gasteiger partial charge < -0.3 is 20.9 Å². The molecule has 2 heterocycles. The lowest BCUT2D eigenvalue weighted by molar-refractivity contribution is -0.111. The summed E-state index contributed by atoms with van der Waals surface area (Å²) in [5, 5.41) is 15.5. The van der Waals surface area contributed by atoms with Crippen molar-refractivity contribution in [3.63, 3.8) is 0 Å². The Hall–Kier alpha value is -3.82. The van der Waals surface area contributed by atoms with E-state index in [9.17, 15) is 14.4 Å². The second kappa shape index (κ2) is 11.9. The Labute approximate surface area is 224 Å². The highest BCUT2D eigenvalue weighted by Gasteiger charge is 2.24. The van der Waals surface area contributed by atoms with E-state index in [2.05, 4.69) is 31.0 Å². The lowest BCUT2D eigenvalue weighted by Crippen LogP contribution is -2.45. The molecule has 0 spiro atoms. The van der Waals surface area contributed by atoms with Gasteiger partial charge in [0, 0.05) is 30.5 Å². The number of amides is 3. The van der Waals surface area contributed by atoms with E-state index in [1.165, 1.54) is 12.3 Å². The van der Waals surface area contributed by atoms with Crippen molar-refractivity contribution in [3.8, 4) is 0 Å². The van der Waals surface area contributed by atoms with Crippen LogP contribution in [0.25, 0.3) is 0 Å². The maximum Gasteiger partial charge on any atom is 0.271 e. The summed E-state index contributed by atoms with van der Waals surface area (Å²) in [6.07, 6.45) is 6.02. The quantitative estimate of drug-likeness (QED) is 0.318. The summed E-state index contributed by atoms with van der Waals surface area (Å²) in [6.45, 7) is 3.30. The molecule has 2 aromatic carbocycles. The highest BCUT2D eigenvalue weighted by Crippen LogP contribution is 2.26. The lowest BCUT2D eigenvalue weighted by Gasteiger charge is -2.34. The number of allylic oxidation sites excluding steroid dienone is 1. The fourth-order valence-corrected chi connectivity index (χ4v) is 4.65. The van der Waals surface area contributed by atoms with Crippen LogP contribution in [0.2, 0.25) is 10.0 Å². The third-order valence-electron chi connectivity index (χ3n) is 5.95. The van der Waals surface area contributed by atoms with Crippen molar-refractivity contribution in [2.45, 2.75) is 25.8 Å². The maximum atomic E-state index is 12.9. The van der Waals surface area contributed by atoms with Crippen LogP contribution in [0.5, 0.6) is 0 Å². The van der Waals surface area contributed by atoms with Crippen LogP contribution >= 0.6 is 23.2 Å². The summed E-state index contributed by atoms with van der Waals surface area (Å²) in [5.74, 6) is -1.07. The molecule has 0 atom stereocenters. The van der Waals surface area contributed by atoms with Crippen molar-refractivity contribution in [1.82, 2.24) is 15.5 Å². The summed E-state index contributed by atoms with van der Waals surface area (Å²) in [7, 11) is 0. The standard InChI is InChI=1S/C26H26Cl2N6O3/c1-2-4-22(35)30-16-7-9-18(10-8-16)34-13-11-17(12-14-34)31-26(37)24-21(15-29-33-24)32-25(36)23-19(27)5-3-6-20(23)28/h2-10,15,17H,11-14H2,1H3,(H,29,33)(H,30,35)(H,31,37)(H,32,36). The molecule has 11 heteroatoms. The fraction of sp³-hybridized carbons (Fsp3) is 0.231. The number of nitrogens with zero attached hydrogens (tertiary/aromatic N) is 2. The first-order chi connectivity index (χ1) is 17.9. The molecule has 1 aromatic heterocycles. The minimum absolute atomic E-state index is 0.0343. The minimum Gasteiger partial charge on any atom is -0.371 e. The molecule has 0 radical (unpaired) electrons. The molecule has 4 rings (SSSR count). The Kier molecular flexibility index (Phi) is 8.47. The number of aromatic nitrogens is 2. The van der Waals surface area contributed by atoms with E-state index in [0.29, 0.717) is 0 Å². The third-order valence-corrected chi connectivity index (χ3v) is 6.58. The molecule has 1 fully saturated rings. The normalized spacial score (nSPS) is 14.0. The first kappa shape index (κ1) is 26.2. The Morgan fingerprint density at radius 3 is 2.32 bits per heavy atom. The number of benzene rings is 2. The molecule has 0 aliphatic carbocycles. The number of hydrogen-bond donors (Lipinski definition) is 4. The monoisotopic (exact) mass is 540 g/mol. The van der Waals surface area contributed by atoms with Gasteiger partial charge >= 0.3 is 0 Å². The number of anilines is 3. The molecule has 4 N–H and O–H groups in total. The molecular weight excluding hydrogens is 515 g/mol. The Bertz CT molecular complexity index is 1290. The number of H-pyrrole nitrogens is 1. The van der Waals surface area contributed by atoms with Gasteiger partial charge in [-0.15, -0.1) is 0 Å². The van der Waals surface area contributed by atoms with Gasteiger partial charge in [-0.1, -0.05) is 35.3 Å². The molecule has 0 unspecified atom stereocenters. The summed E-state index contributed by atoms with van der Waals surface area (Å²) in [6, 6.07) is 12.4. The van der Waals surface area contributed by atoms with Crippen LogP contribution in [-0.4, -0.2) is 47.1 Å². The third kappa shape index (κ3) is 6.49. The number of carbonyl (C=O) groups excluding carboxylic acids is 3. The van der Waals surface area contributed by atoms with Gasteiger partial charge in [0.2, 0.25) is 5.91 Å². The van der Waals surface area contributed by atoms with E-state index in [0.717, 1.165) is 37.3 Å². The van der Waals surface area contributed by atoms with E-state index in [1.807, 2.05) is 24.3 Å². The lowest BCUT2D eigenvalue weighted by atomic mass is 10.0. The molecule has 3 aromatic rings. The molecule has 3 amide bonds. The van der Waals surface area contributed by atoms with Crippen LogP contribution in [-0.2, 0) is 4.79 Å². The summed E-state index contributed by atoms with van der Waals surface area (Å²) < 4.78 is 0. The van der Waals surface area contributed by atoms with Crippen molar-refractivity contribution < 1.29 is 14.4 Å². The summed E-state index contributed by atoms with van der Waals surface area (Å²) in [4.78, 5) is 39.6. The van der Waals surface area contributed by atoms with E-state index in [4.69, 9.17) is 23.2 Å². The zero-order valence-corrected chi connectivity index (χ0v) is 21.6. The first-order valence-electron chi connectivity index (χ1n) is 11.7. The average Bonchev–Trinajstić information content (AvgIpc) is 3.33. The molecule has 0 saturated carbocycles. The van der Waals surface area contributed by atoms with Crippen LogP contribution in [0.15, 0.2) is 60.8 Å². The van der Waals surface area contributed by atoms with Crippen molar-refractivity contribution in [2.75, 3.05) is 28.6 Å². The number of carbonyl (C=O) groups is 3.